The van der Waals surface area contributed by atoms with Gasteiger partial charge in [-0.05, 0) is 19.1 Å². The first kappa shape index (κ1) is 8.08. The van der Waals surface area contributed by atoms with Crippen molar-refractivity contribution in [2.45, 2.75) is 6.92 Å². The Morgan fingerprint density at radius 3 is 2.45 bits per heavy atom. The Morgan fingerprint density at radius 1 is 1.27 bits per heavy atom. The topological polar surface area (TPSA) is 23.3 Å². The van der Waals surface area contributed by atoms with E-state index in [1.165, 1.54) is 5.56 Å². The standard InChI is InChI=1S/C9H12NO/c1-8-3-5-9(6-4-8)10-7-11-2/h3-6H,7H2,1-2H3. The van der Waals surface area contributed by atoms with Gasteiger partial charge in [-0.1, -0.05) is 17.7 Å². The Kier molecular flexibility index (Phi) is 2.93. The number of aryl methyl sites for hydroxylation is 1. The van der Waals surface area contributed by atoms with Crippen LogP contribution >= 0.6 is 0 Å². The second-order valence-electron chi connectivity index (χ2n) is 2.41. The van der Waals surface area contributed by atoms with Crippen molar-refractivity contribution >= 4 is 5.69 Å². The average Bonchev–Trinajstić information content (AvgIpc) is 2.04. The monoisotopic (exact) mass is 150 g/mol. The summed E-state index contributed by atoms with van der Waals surface area (Å²) < 4.78 is 4.81. The molecule has 0 spiro atoms. The van der Waals surface area contributed by atoms with Crippen molar-refractivity contribution in [2.24, 2.45) is 0 Å². The molecular weight excluding hydrogens is 138 g/mol. The van der Waals surface area contributed by atoms with E-state index < -0.39 is 0 Å². The Morgan fingerprint density at radius 2 is 1.91 bits per heavy atom. The average molecular weight is 150 g/mol. The van der Waals surface area contributed by atoms with Crippen LogP contribution < -0.4 is 5.32 Å². The fraction of sp³-hybridized carbons (Fsp3) is 0.333. The first-order chi connectivity index (χ1) is 5.33. The number of hydrogen-bond donors (Lipinski definition) is 0. The fourth-order valence-electron chi connectivity index (χ4n) is 0.789. The van der Waals surface area contributed by atoms with Crippen LogP contribution in [-0.4, -0.2) is 13.8 Å². The van der Waals surface area contributed by atoms with E-state index >= 15 is 0 Å². The summed E-state index contributed by atoms with van der Waals surface area (Å²) in [5.74, 6) is 0. The van der Waals surface area contributed by atoms with E-state index in [9.17, 15) is 0 Å². The number of hydrogen-bond acceptors (Lipinski definition) is 1. The van der Waals surface area contributed by atoms with Crippen molar-refractivity contribution in [1.29, 1.82) is 0 Å². The van der Waals surface area contributed by atoms with Crippen molar-refractivity contribution in [3.63, 3.8) is 0 Å². The molecular formula is C9H12NO. The molecule has 0 aliphatic rings. The van der Waals surface area contributed by atoms with Gasteiger partial charge in [0.1, 0.15) is 6.73 Å². The largest absolute Gasteiger partial charge is 0.363 e. The van der Waals surface area contributed by atoms with Crippen LogP contribution in [0.4, 0.5) is 5.69 Å². The summed E-state index contributed by atoms with van der Waals surface area (Å²) in [6, 6.07) is 8.03. The summed E-state index contributed by atoms with van der Waals surface area (Å²) in [6.45, 7) is 2.49. The highest BCUT2D eigenvalue weighted by molar-refractivity contribution is 5.37. The molecule has 0 atom stereocenters. The highest BCUT2D eigenvalue weighted by atomic mass is 16.5. The molecule has 2 heteroatoms. The predicted octanol–water partition coefficient (Wildman–Crippen LogP) is 1.83. The maximum absolute atomic E-state index is 4.81. The quantitative estimate of drug-likeness (QED) is 0.644. The molecule has 0 saturated heterocycles. The highest BCUT2D eigenvalue weighted by Crippen LogP contribution is 2.07. The maximum atomic E-state index is 4.81. The summed E-state index contributed by atoms with van der Waals surface area (Å²) in [6.07, 6.45) is 0. The lowest BCUT2D eigenvalue weighted by atomic mass is 10.2. The first-order valence-corrected chi connectivity index (χ1v) is 3.56. The molecule has 1 rings (SSSR count). The minimum Gasteiger partial charge on any atom is -0.363 e. The highest BCUT2D eigenvalue weighted by Gasteiger charge is 1.90. The molecule has 1 aromatic rings. The summed E-state index contributed by atoms with van der Waals surface area (Å²) in [7, 11) is 1.64. The molecule has 0 amide bonds. The maximum Gasteiger partial charge on any atom is 0.137 e. The van der Waals surface area contributed by atoms with Crippen LogP contribution in [0, 0.1) is 6.92 Å². The summed E-state index contributed by atoms with van der Waals surface area (Å²) in [4.78, 5) is 0. The minimum atomic E-state index is 0.434. The van der Waals surface area contributed by atoms with Gasteiger partial charge in [0.2, 0.25) is 0 Å². The molecule has 0 saturated carbocycles. The lowest BCUT2D eigenvalue weighted by Crippen LogP contribution is -2.00. The van der Waals surface area contributed by atoms with Gasteiger partial charge in [0.25, 0.3) is 0 Å². The van der Waals surface area contributed by atoms with Crippen LogP contribution in [0.2, 0.25) is 0 Å². The lowest BCUT2D eigenvalue weighted by Gasteiger charge is -2.00. The Bertz CT molecular complexity index is 205. The molecule has 0 unspecified atom stereocenters. The van der Waals surface area contributed by atoms with Crippen LogP contribution in [0.15, 0.2) is 24.3 Å². The molecule has 59 valence electrons. The number of nitrogens with zero attached hydrogens (tertiary/aromatic N) is 1. The third-order valence-electron chi connectivity index (χ3n) is 1.41. The molecule has 0 aliphatic carbocycles. The number of ether oxygens (including phenoxy) is 1. The molecule has 0 N–H and O–H groups in total. The van der Waals surface area contributed by atoms with E-state index in [1.54, 1.807) is 7.11 Å². The lowest BCUT2D eigenvalue weighted by molar-refractivity contribution is 0.187. The second-order valence-corrected chi connectivity index (χ2v) is 2.41. The van der Waals surface area contributed by atoms with Crippen LogP contribution in [0.5, 0.6) is 0 Å². The van der Waals surface area contributed by atoms with Crippen LogP contribution in [-0.2, 0) is 4.74 Å². The van der Waals surface area contributed by atoms with Crippen molar-refractivity contribution in [2.75, 3.05) is 13.8 Å². The Labute approximate surface area is 67.2 Å². The zero-order valence-corrected chi connectivity index (χ0v) is 6.87. The minimum absolute atomic E-state index is 0.434. The van der Waals surface area contributed by atoms with Crippen LogP contribution in [0.1, 0.15) is 5.56 Å². The van der Waals surface area contributed by atoms with Gasteiger partial charge >= 0.3 is 0 Å². The summed E-state index contributed by atoms with van der Waals surface area (Å²) >= 11 is 0. The SMILES string of the molecule is COC[N]c1ccc(C)cc1. The van der Waals surface area contributed by atoms with E-state index in [0.29, 0.717) is 6.73 Å². The third-order valence-corrected chi connectivity index (χ3v) is 1.41. The van der Waals surface area contributed by atoms with Gasteiger partial charge in [0.15, 0.2) is 0 Å². The van der Waals surface area contributed by atoms with Gasteiger partial charge in [0, 0.05) is 7.11 Å². The number of methoxy groups -OCH3 is 1. The zero-order valence-electron chi connectivity index (χ0n) is 6.87. The Hall–Kier alpha value is -1.02. The van der Waals surface area contributed by atoms with E-state index in [4.69, 9.17) is 4.74 Å². The van der Waals surface area contributed by atoms with Gasteiger partial charge in [-0.2, -0.15) is 0 Å². The van der Waals surface area contributed by atoms with Gasteiger partial charge in [-0.25, -0.2) is 0 Å². The summed E-state index contributed by atoms with van der Waals surface area (Å²) in [5.41, 5.74) is 2.22. The number of rotatable bonds is 3. The summed E-state index contributed by atoms with van der Waals surface area (Å²) in [5, 5.41) is 4.14. The second kappa shape index (κ2) is 3.98. The molecule has 0 bridgehead atoms. The molecule has 1 radical (unpaired) electrons. The van der Waals surface area contributed by atoms with Gasteiger partial charge in [0.05, 0.1) is 5.69 Å². The molecule has 1 aromatic carbocycles. The molecule has 0 fully saturated rings. The Balaban J connectivity index is 2.52. The van der Waals surface area contributed by atoms with Crippen molar-refractivity contribution in [3.8, 4) is 0 Å². The van der Waals surface area contributed by atoms with Crippen molar-refractivity contribution < 1.29 is 4.74 Å². The van der Waals surface area contributed by atoms with Crippen molar-refractivity contribution in [1.82, 2.24) is 5.32 Å². The zero-order chi connectivity index (χ0) is 8.10. The van der Waals surface area contributed by atoms with E-state index in [1.807, 2.05) is 24.3 Å². The van der Waals surface area contributed by atoms with E-state index in [0.717, 1.165) is 5.69 Å². The van der Waals surface area contributed by atoms with Gasteiger partial charge in [-0.15, -0.1) is 0 Å². The molecule has 2 nitrogen and oxygen atoms in total. The van der Waals surface area contributed by atoms with Crippen LogP contribution in [0.3, 0.4) is 0 Å². The molecule has 0 aromatic heterocycles. The van der Waals surface area contributed by atoms with Gasteiger partial charge in [-0.3, -0.25) is 5.32 Å². The van der Waals surface area contributed by atoms with E-state index in [-0.39, 0.29) is 0 Å². The van der Waals surface area contributed by atoms with Gasteiger partial charge < -0.3 is 4.74 Å². The third kappa shape index (κ3) is 2.60. The predicted molar refractivity (Wildman–Crippen MR) is 44.8 cm³/mol. The van der Waals surface area contributed by atoms with Crippen LogP contribution in [0.25, 0.3) is 0 Å². The smallest absolute Gasteiger partial charge is 0.137 e. The van der Waals surface area contributed by atoms with Crippen molar-refractivity contribution in [3.05, 3.63) is 29.8 Å². The first-order valence-electron chi connectivity index (χ1n) is 3.56. The molecule has 11 heavy (non-hydrogen) atoms. The fourth-order valence-corrected chi connectivity index (χ4v) is 0.789. The number of benzene rings is 1. The normalized spacial score (nSPS) is 9.64. The molecule has 0 heterocycles. The van der Waals surface area contributed by atoms with E-state index in [2.05, 4.69) is 12.2 Å². The molecule has 0 aliphatic heterocycles.